The molecule has 0 radical (unpaired) electrons. The van der Waals surface area contributed by atoms with Gasteiger partial charge in [0.05, 0.1) is 4.90 Å². The van der Waals surface area contributed by atoms with E-state index in [1.165, 1.54) is 34.6 Å². The van der Waals surface area contributed by atoms with Crippen LogP contribution in [0.2, 0.25) is 0 Å². The highest BCUT2D eigenvalue weighted by atomic mass is 32.2. The summed E-state index contributed by atoms with van der Waals surface area (Å²) in [6, 6.07) is 11.5. The number of piperazine rings is 1. The number of halogens is 2. The van der Waals surface area contributed by atoms with Crippen molar-refractivity contribution < 1.29 is 17.2 Å². The van der Waals surface area contributed by atoms with Crippen LogP contribution in [0.3, 0.4) is 0 Å². The van der Waals surface area contributed by atoms with Crippen molar-refractivity contribution >= 4 is 10.0 Å². The van der Waals surface area contributed by atoms with Gasteiger partial charge in [-0.3, -0.25) is 4.90 Å². The largest absolute Gasteiger partial charge is 0.294 e. The highest BCUT2D eigenvalue weighted by molar-refractivity contribution is 7.89. The summed E-state index contributed by atoms with van der Waals surface area (Å²) in [5.41, 5.74) is 0.989. The molecule has 7 heteroatoms. The van der Waals surface area contributed by atoms with E-state index in [4.69, 9.17) is 0 Å². The van der Waals surface area contributed by atoms with Gasteiger partial charge in [0.2, 0.25) is 10.0 Å². The second-order valence-electron chi connectivity index (χ2n) is 6.12. The van der Waals surface area contributed by atoms with Gasteiger partial charge in [-0.1, -0.05) is 18.2 Å². The third kappa shape index (κ3) is 3.89. The van der Waals surface area contributed by atoms with Crippen molar-refractivity contribution in [2.75, 3.05) is 26.2 Å². The molecule has 1 heterocycles. The number of hydrogen-bond donors (Lipinski definition) is 0. The minimum atomic E-state index is -3.69. The van der Waals surface area contributed by atoms with E-state index in [9.17, 15) is 17.2 Å². The molecule has 2 aromatic carbocycles. The molecule has 1 aliphatic rings. The molecule has 1 atom stereocenters. The quantitative estimate of drug-likeness (QED) is 0.835. The Labute approximate surface area is 146 Å². The molecule has 0 saturated carbocycles. The fourth-order valence-corrected chi connectivity index (χ4v) is 4.51. The summed E-state index contributed by atoms with van der Waals surface area (Å²) in [5.74, 6) is -0.841. The molecule has 0 aliphatic carbocycles. The Kier molecular flexibility index (Phi) is 5.17. The van der Waals surface area contributed by atoms with Gasteiger partial charge in [-0.05, 0) is 42.8 Å². The van der Waals surface area contributed by atoms with Crippen molar-refractivity contribution in [2.45, 2.75) is 17.9 Å². The van der Waals surface area contributed by atoms with E-state index < -0.39 is 15.8 Å². The lowest BCUT2D eigenvalue weighted by Gasteiger charge is -2.37. The van der Waals surface area contributed by atoms with Gasteiger partial charge in [0.1, 0.15) is 11.6 Å². The first kappa shape index (κ1) is 18.0. The second kappa shape index (κ2) is 7.19. The summed E-state index contributed by atoms with van der Waals surface area (Å²) in [6.07, 6.45) is 0. The maximum atomic E-state index is 13.3. The van der Waals surface area contributed by atoms with Crippen molar-refractivity contribution in [3.63, 3.8) is 0 Å². The average molecular weight is 366 g/mol. The highest BCUT2D eigenvalue weighted by Gasteiger charge is 2.30. The highest BCUT2D eigenvalue weighted by Crippen LogP contribution is 2.24. The lowest BCUT2D eigenvalue weighted by atomic mass is 10.1. The van der Waals surface area contributed by atoms with Gasteiger partial charge in [0.25, 0.3) is 0 Å². The van der Waals surface area contributed by atoms with Gasteiger partial charge < -0.3 is 0 Å². The second-order valence-corrected chi connectivity index (χ2v) is 8.06. The smallest absolute Gasteiger partial charge is 0.243 e. The van der Waals surface area contributed by atoms with Gasteiger partial charge in [-0.25, -0.2) is 17.2 Å². The minimum absolute atomic E-state index is 0.0208. The Morgan fingerprint density at radius 2 is 1.56 bits per heavy atom. The molecule has 4 nitrogen and oxygen atoms in total. The molecule has 0 aromatic heterocycles. The van der Waals surface area contributed by atoms with Crippen LogP contribution in [0.5, 0.6) is 0 Å². The fraction of sp³-hybridized carbons (Fsp3) is 0.333. The SMILES string of the molecule is C[C@@H](c1ccc(F)cc1)N1CCN(S(=O)(=O)c2cccc(F)c2)CC1. The number of sulfonamides is 1. The van der Waals surface area contributed by atoms with Crippen molar-refractivity contribution in [3.8, 4) is 0 Å². The van der Waals surface area contributed by atoms with Crippen LogP contribution in [0.4, 0.5) is 8.78 Å². The van der Waals surface area contributed by atoms with Crippen molar-refractivity contribution in [3.05, 3.63) is 65.7 Å². The molecule has 25 heavy (non-hydrogen) atoms. The number of nitrogens with zero attached hydrogens (tertiary/aromatic N) is 2. The van der Waals surface area contributed by atoms with E-state index >= 15 is 0 Å². The number of rotatable bonds is 4. The van der Waals surface area contributed by atoms with Crippen LogP contribution < -0.4 is 0 Å². The van der Waals surface area contributed by atoms with Crippen molar-refractivity contribution in [1.29, 1.82) is 0 Å². The van der Waals surface area contributed by atoms with Gasteiger partial charge in [-0.15, -0.1) is 0 Å². The summed E-state index contributed by atoms with van der Waals surface area (Å²) in [6.45, 7) is 3.82. The summed E-state index contributed by atoms with van der Waals surface area (Å²) in [7, 11) is -3.69. The molecule has 2 aromatic rings. The molecular formula is C18H20F2N2O2S. The molecule has 0 N–H and O–H groups in total. The number of benzene rings is 2. The first-order chi connectivity index (χ1) is 11.9. The molecule has 0 amide bonds. The van der Waals surface area contributed by atoms with Crippen molar-refractivity contribution in [1.82, 2.24) is 9.21 Å². The first-order valence-corrected chi connectivity index (χ1v) is 9.57. The molecule has 1 aliphatic heterocycles. The zero-order chi connectivity index (χ0) is 18.0. The molecule has 3 rings (SSSR count). The molecule has 134 valence electrons. The van der Waals surface area contributed by atoms with Gasteiger partial charge >= 0.3 is 0 Å². The maximum absolute atomic E-state index is 13.3. The Bertz CT molecular complexity index is 832. The predicted octanol–water partition coefficient (Wildman–Crippen LogP) is 3.03. The van der Waals surface area contributed by atoms with Crippen LogP contribution in [0, 0.1) is 11.6 Å². The third-order valence-corrected chi connectivity index (χ3v) is 6.50. The average Bonchev–Trinajstić information content (AvgIpc) is 2.62. The van der Waals surface area contributed by atoms with Crippen LogP contribution in [-0.4, -0.2) is 43.8 Å². The maximum Gasteiger partial charge on any atom is 0.243 e. The topological polar surface area (TPSA) is 40.6 Å². The molecule has 0 spiro atoms. The van der Waals surface area contributed by atoms with Crippen LogP contribution in [-0.2, 0) is 10.0 Å². The minimum Gasteiger partial charge on any atom is -0.294 e. The van der Waals surface area contributed by atoms with E-state index in [0.29, 0.717) is 26.2 Å². The van der Waals surface area contributed by atoms with Gasteiger partial charge in [-0.2, -0.15) is 4.31 Å². The Morgan fingerprint density at radius 3 is 2.16 bits per heavy atom. The Morgan fingerprint density at radius 1 is 0.920 bits per heavy atom. The fourth-order valence-electron chi connectivity index (χ4n) is 3.06. The zero-order valence-electron chi connectivity index (χ0n) is 13.9. The van der Waals surface area contributed by atoms with E-state index in [1.54, 1.807) is 12.1 Å². The molecule has 0 unspecified atom stereocenters. The van der Waals surface area contributed by atoms with Crippen molar-refractivity contribution in [2.24, 2.45) is 0 Å². The molecule has 1 fully saturated rings. The Hall–Kier alpha value is -1.83. The van der Waals surface area contributed by atoms with Gasteiger partial charge in [0.15, 0.2) is 0 Å². The molecule has 0 bridgehead atoms. The summed E-state index contributed by atoms with van der Waals surface area (Å²) < 4.78 is 53.0. The molecule has 1 saturated heterocycles. The number of hydrogen-bond acceptors (Lipinski definition) is 3. The standard InChI is InChI=1S/C18H20F2N2O2S/c1-14(15-5-7-16(19)8-6-15)21-9-11-22(12-10-21)25(23,24)18-4-2-3-17(20)13-18/h2-8,13-14H,9-12H2,1H3/t14-/m0/s1. The van der Waals surface area contributed by atoms with Crippen LogP contribution in [0.1, 0.15) is 18.5 Å². The van der Waals surface area contributed by atoms with E-state index in [-0.39, 0.29) is 16.8 Å². The van der Waals surface area contributed by atoms with Crippen LogP contribution in [0.15, 0.2) is 53.4 Å². The lowest BCUT2D eigenvalue weighted by Crippen LogP contribution is -2.49. The normalized spacial score (nSPS) is 18.2. The monoisotopic (exact) mass is 366 g/mol. The van der Waals surface area contributed by atoms with Crippen LogP contribution in [0.25, 0.3) is 0 Å². The predicted molar refractivity (Wildman–Crippen MR) is 91.5 cm³/mol. The molecular weight excluding hydrogens is 346 g/mol. The third-order valence-electron chi connectivity index (χ3n) is 4.61. The summed E-state index contributed by atoms with van der Waals surface area (Å²) in [5, 5.41) is 0. The van der Waals surface area contributed by atoms with E-state index in [0.717, 1.165) is 11.6 Å². The van der Waals surface area contributed by atoms with E-state index in [2.05, 4.69) is 4.90 Å². The van der Waals surface area contributed by atoms with Crippen LogP contribution >= 0.6 is 0 Å². The van der Waals surface area contributed by atoms with E-state index in [1.807, 2.05) is 6.92 Å². The first-order valence-electron chi connectivity index (χ1n) is 8.13. The zero-order valence-corrected chi connectivity index (χ0v) is 14.7. The summed E-state index contributed by atoms with van der Waals surface area (Å²) >= 11 is 0. The lowest BCUT2D eigenvalue weighted by molar-refractivity contribution is 0.146. The summed E-state index contributed by atoms with van der Waals surface area (Å²) in [4.78, 5) is 2.14. The Balaban J connectivity index is 1.68. The van der Waals surface area contributed by atoms with Gasteiger partial charge in [0, 0.05) is 32.2 Å².